The standard InChI is InChI=1S/C12H17FN2O3/c1-12(7-16,8-17)14-6-11(18)15-10-4-2-9(13)3-5-10/h2-5,14,16-17H,6-8H2,1H3,(H,15,18). The van der Waals surface area contributed by atoms with Gasteiger partial charge in [0, 0.05) is 5.69 Å². The zero-order valence-corrected chi connectivity index (χ0v) is 10.1. The second-order valence-electron chi connectivity index (χ2n) is 4.29. The summed E-state index contributed by atoms with van der Waals surface area (Å²) in [5, 5.41) is 23.3. The molecule has 0 atom stereocenters. The van der Waals surface area contributed by atoms with E-state index in [1.54, 1.807) is 6.92 Å². The predicted molar refractivity (Wildman–Crippen MR) is 65.6 cm³/mol. The fourth-order valence-corrected chi connectivity index (χ4v) is 1.19. The predicted octanol–water partition coefficient (Wildman–Crippen LogP) is 0.0971. The molecule has 4 N–H and O–H groups in total. The molecule has 0 heterocycles. The number of benzene rings is 1. The highest BCUT2D eigenvalue weighted by Crippen LogP contribution is 2.08. The van der Waals surface area contributed by atoms with Gasteiger partial charge in [0.05, 0.1) is 25.3 Å². The monoisotopic (exact) mass is 256 g/mol. The molecule has 0 saturated heterocycles. The van der Waals surface area contributed by atoms with Crippen molar-refractivity contribution in [2.75, 3.05) is 25.1 Å². The minimum atomic E-state index is -0.903. The lowest BCUT2D eigenvalue weighted by Gasteiger charge is -2.25. The minimum absolute atomic E-state index is 0.0605. The van der Waals surface area contributed by atoms with Crippen LogP contribution in [0.5, 0.6) is 0 Å². The first-order valence-corrected chi connectivity index (χ1v) is 5.51. The van der Waals surface area contributed by atoms with E-state index in [-0.39, 0.29) is 31.5 Å². The number of hydrogen-bond donors (Lipinski definition) is 4. The first-order chi connectivity index (χ1) is 8.49. The van der Waals surface area contributed by atoms with E-state index in [0.717, 1.165) is 0 Å². The molecule has 5 nitrogen and oxygen atoms in total. The van der Waals surface area contributed by atoms with Gasteiger partial charge in [-0.2, -0.15) is 0 Å². The van der Waals surface area contributed by atoms with Crippen LogP contribution in [0.1, 0.15) is 6.92 Å². The summed E-state index contributed by atoms with van der Waals surface area (Å²) in [4.78, 5) is 11.5. The van der Waals surface area contributed by atoms with E-state index in [1.807, 2.05) is 0 Å². The number of amides is 1. The number of anilines is 1. The molecule has 0 aliphatic rings. The van der Waals surface area contributed by atoms with Gasteiger partial charge in [-0.25, -0.2) is 4.39 Å². The molecular formula is C12H17FN2O3. The van der Waals surface area contributed by atoms with Gasteiger partial charge < -0.3 is 15.5 Å². The Balaban J connectivity index is 2.45. The second-order valence-corrected chi connectivity index (χ2v) is 4.29. The lowest BCUT2D eigenvalue weighted by Crippen LogP contribution is -2.51. The molecule has 0 radical (unpaired) electrons. The Morgan fingerprint density at radius 1 is 1.28 bits per heavy atom. The molecule has 0 aliphatic carbocycles. The summed E-state index contributed by atoms with van der Waals surface area (Å²) in [7, 11) is 0. The molecular weight excluding hydrogens is 239 g/mol. The third-order valence-electron chi connectivity index (χ3n) is 2.50. The van der Waals surface area contributed by atoms with E-state index >= 15 is 0 Å². The lowest BCUT2D eigenvalue weighted by atomic mass is 10.1. The molecule has 1 aromatic carbocycles. The average Bonchev–Trinajstić information content (AvgIpc) is 2.39. The molecule has 0 saturated carbocycles. The van der Waals surface area contributed by atoms with Gasteiger partial charge in [0.25, 0.3) is 0 Å². The maximum atomic E-state index is 12.6. The summed E-state index contributed by atoms with van der Waals surface area (Å²) in [6, 6.07) is 5.39. The number of aliphatic hydroxyl groups excluding tert-OH is 2. The largest absolute Gasteiger partial charge is 0.394 e. The fraction of sp³-hybridized carbons (Fsp3) is 0.417. The third kappa shape index (κ3) is 4.40. The molecule has 0 aromatic heterocycles. The number of hydrogen-bond acceptors (Lipinski definition) is 4. The lowest BCUT2D eigenvalue weighted by molar-refractivity contribution is -0.115. The first-order valence-electron chi connectivity index (χ1n) is 5.51. The van der Waals surface area contributed by atoms with Crippen LogP contribution in [0, 0.1) is 5.82 Å². The van der Waals surface area contributed by atoms with Crippen LogP contribution in [-0.2, 0) is 4.79 Å². The van der Waals surface area contributed by atoms with Crippen LogP contribution < -0.4 is 10.6 Å². The van der Waals surface area contributed by atoms with Crippen molar-refractivity contribution in [1.29, 1.82) is 0 Å². The van der Waals surface area contributed by atoms with Crippen LogP contribution >= 0.6 is 0 Å². The minimum Gasteiger partial charge on any atom is -0.394 e. The van der Waals surface area contributed by atoms with Gasteiger partial charge in [0.2, 0.25) is 5.91 Å². The van der Waals surface area contributed by atoms with Crippen molar-refractivity contribution in [3.63, 3.8) is 0 Å². The van der Waals surface area contributed by atoms with Gasteiger partial charge in [-0.3, -0.25) is 10.1 Å². The Bertz CT molecular complexity index is 391. The number of carbonyl (C=O) groups is 1. The van der Waals surface area contributed by atoms with Gasteiger partial charge in [-0.05, 0) is 31.2 Å². The Morgan fingerprint density at radius 3 is 2.33 bits per heavy atom. The number of halogens is 1. The van der Waals surface area contributed by atoms with Crippen LogP contribution in [0.25, 0.3) is 0 Å². The summed E-state index contributed by atoms with van der Waals surface area (Å²) in [6.45, 7) is 0.966. The molecule has 0 unspecified atom stereocenters. The van der Waals surface area contributed by atoms with Crippen LogP contribution in [0.15, 0.2) is 24.3 Å². The van der Waals surface area contributed by atoms with Crippen LogP contribution in [-0.4, -0.2) is 41.4 Å². The summed E-state index contributed by atoms with van der Waals surface area (Å²) >= 11 is 0. The number of rotatable bonds is 6. The van der Waals surface area contributed by atoms with Crippen molar-refractivity contribution < 1.29 is 19.4 Å². The van der Waals surface area contributed by atoms with Crippen LogP contribution in [0.3, 0.4) is 0 Å². The van der Waals surface area contributed by atoms with E-state index in [0.29, 0.717) is 5.69 Å². The molecule has 0 bridgehead atoms. The Kier molecular flexibility index (Phi) is 5.21. The molecule has 6 heteroatoms. The third-order valence-corrected chi connectivity index (χ3v) is 2.50. The zero-order chi connectivity index (χ0) is 13.6. The van der Waals surface area contributed by atoms with Crippen molar-refractivity contribution in [3.8, 4) is 0 Å². The number of carbonyl (C=O) groups excluding carboxylic acids is 1. The van der Waals surface area contributed by atoms with Crippen molar-refractivity contribution in [3.05, 3.63) is 30.1 Å². The highest BCUT2D eigenvalue weighted by atomic mass is 19.1. The Hall–Kier alpha value is -1.50. The summed E-state index contributed by atoms with van der Waals surface area (Å²) in [5.74, 6) is -0.714. The number of nitrogens with one attached hydrogen (secondary N) is 2. The summed E-state index contributed by atoms with van der Waals surface area (Å²) < 4.78 is 12.6. The van der Waals surface area contributed by atoms with Crippen molar-refractivity contribution in [2.24, 2.45) is 0 Å². The normalized spacial score (nSPS) is 11.3. The van der Waals surface area contributed by atoms with E-state index < -0.39 is 5.54 Å². The molecule has 1 aromatic rings. The fourth-order valence-electron chi connectivity index (χ4n) is 1.19. The van der Waals surface area contributed by atoms with E-state index in [9.17, 15) is 9.18 Å². The first kappa shape index (κ1) is 14.6. The maximum absolute atomic E-state index is 12.6. The zero-order valence-electron chi connectivity index (χ0n) is 10.1. The highest BCUT2D eigenvalue weighted by molar-refractivity contribution is 5.92. The van der Waals surface area contributed by atoms with Gasteiger partial charge in [0.1, 0.15) is 5.82 Å². The second kappa shape index (κ2) is 6.44. The SMILES string of the molecule is CC(CO)(CO)NCC(=O)Nc1ccc(F)cc1. The van der Waals surface area contributed by atoms with Crippen LogP contribution in [0.2, 0.25) is 0 Å². The van der Waals surface area contributed by atoms with Crippen LogP contribution in [0.4, 0.5) is 10.1 Å². The Morgan fingerprint density at radius 2 is 1.83 bits per heavy atom. The average molecular weight is 256 g/mol. The Labute approximate surface area is 105 Å². The molecule has 1 amide bonds. The molecule has 0 spiro atoms. The molecule has 0 aliphatic heterocycles. The van der Waals surface area contributed by atoms with Crippen molar-refractivity contribution >= 4 is 11.6 Å². The molecule has 18 heavy (non-hydrogen) atoms. The molecule has 100 valence electrons. The van der Waals surface area contributed by atoms with E-state index in [2.05, 4.69) is 10.6 Å². The van der Waals surface area contributed by atoms with Gasteiger partial charge >= 0.3 is 0 Å². The smallest absolute Gasteiger partial charge is 0.238 e. The number of aliphatic hydroxyl groups is 2. The molecule has 1 rings (SSSR count). The maximum Gasteiger partial charge on any atom is 0.238 e. The molecule has 0 fully saturated rings. The summed E-state index contributed by atoms with van der Waals surface area (Å²) in [6.07, 6.45) is 0. The van der Waals surface area contributed by atoms with Gasteiger partial charge in [0.15, 0.2) is 0 Å². The van der Waals surface area contributed by atoms with Gasteiger partial charge in [-0.1, -0.05) is 0 Å². The van der Waals surface area contributed by atoms with Crippen molar-refractivity contribution in [2.45, 2.75) is 12.5 Å². The summed E-state index contributed by atoms with van der Waals surface area (Å²) in [5.41, 5.74) is -0.418. The quantitative estimate of drug-likeness (QED) is 0.582. The topological polar surface area (TPSA) is 81.6 Å². The van der Waals surface area contributed by atoms with Gasteiger partial charge in [-0.15, -0.1) is 0 Å². The van der Waals surface area contributed by atoms with E-state index in [4.69, 9.17) is 10.2 Å². The van der Waals surface area contributed by atoms with E-state index in [1.165, 1.54) is 24.3 Å². The highest BCUT2D eigenvalue weighted by Gasteiger charge is 2.22. The van der Waals surface area contributed by atoms with Crippen molar-refractivity contribution in [1.82, 2.24) is 5.32 Å².